The van der Waals surface area contributed by atoms with Crippen molar-refractivity contribution in [3.8, 4) is 0 Å². The minimum atomic E-state index is -1.21. The first kappa shape index (κ1) is 9.86. The number of nitrogens with one attached hydrogen (secondary N) is 2. The van der Waals surface area contributed by atoms with Crippen LogP contribution in [-0.4, -0.2) is 30.3 Å². The molecule has 0 radical (unpaired) electrons. The van der Waals surface area contributed by atoms with Crippen molar-refractivity contribution in [2.24, 2.45) is 0 Å². The number of hydrogen-bond acceptors (Lipinski definition) is 4. The molecule has 0 aromatic rings. The zero-order valence-corrected chi connectivity index (χ0v) is 6.25. The van der Waals surface area contributed by atoms with Gasteiger partial charge in [0.25, 0.3) is 0 Å². The van der Waals surface area contributed by atoms with Crippen LogP contribution in [0.5, 0.6) is 0 Å². The van der Waals surface area contributed by atoms with Gasteiger partial charge in [-0.15, -0.1) is 0 Å². The smallest absolute Gasteiger partial charge is 0.343 e. The first-order valence-corrected chi connectivity index (χ1v) is 2.86. The van der Waals surface area contributed by atoms with Crippen molar-refractivity contribution in [1.29, 1.82) is 0 Å². The molecule has 3 N–H and O–H groups in total. The summed E-state index contributed by atoms with van der Waals surface area (Å²) in [7, 11) is 1.26. The summed E-state index contributed by atoms with van der Waals surface area (Å²) < 4.78 is 0. The van der Waals surface area contributed by atoms with Gasteiger partial charge in [-0.3, -0.25) is 4.79 Å². The fourth-order valence-corrected chi connectivity index (χ4v) is 0.463. The lowest BCUT2D eigenvalue weighted by molar-refractivity contribution is -0.147. The summed E-state index contributed by atoms with van der Waals surface area (Å²) in [6.45, 7) is 1.22. The van der Waals surface area contributed by atoms with Gasteiger partial charge in [0.2, 0.25) is 12.1 Å². The van der Waals surface area contributed by atoms with Crippen LogP contribution in [0.1, 0.15) is 6.92 Å². The highest BCUT2D eigenvalue weighted by molar-refractivity contribution is 5.81. The maximum Gasteiger partial charge on any atom is 0.343 e. The minimum Gasteiger partial charge on any atom is -0.479 e. The summed E-state index contributed by atoms with van der Waals surface area (Å²) in [5.41, 5.74) is 2.08. The molecule has 11 heavy (non-hydrogen) atoms. The van der Waals surface area contributed by atoms with Gasteiger partial charge in [-0.25, -0.2) is 4.79 Å². The molecule has 0 saturated heterocycles. The molecule has 0 aliphatic carbocycles. The molecule has 0 aromatic carbocycles. The molecule has 0 heterocycles. The zero-order valence-electron chi connectivity index (χ0n) is 6.25. The standard InChI is InChI=1S/C5H10N2O4/c1-3(8)6-4(5(9)10)7-11-2/h4,7H,1-2H3,(H,6,8)(H,9,10). The van der Waals surface area contributed by atoms with Crippen molar-refractivity contribution < 1.29 is 19.5 Å². The van der Waals surface area contributed by atoms with E-state index >= 15 is 0 Å². The summed E-state index contributed by atoms with van der Waals surface area (Å²) in [5, 5.41) is 10.5. The Morgan fingerprint density at radius 1 is 1.55 bits per heavy atom. The quantitative estimate of drug-likeness (QED) is 0.352. The Kier molecular flexibility index (Phi) is 4.16. The van der Waals surface area contributed by atoms with Crippen LogP contribution in [0.25, 0.3) is 0 Å². The maximum absolute atomic E-state index is 10.4. The molecule has 64 valence electrons. The molecule has 1 unspecified atom stereocenters. The molecule has 0 saturated carbocycles. The molecule has 1 atom stereocenters. The zero-order chi connectivity index (χ0) is 8.85. The molecule has 0 aliphatic heterocycles. The Labute approximate surface area is 63.5 Å². The topological polar surface area (TPSA) is 87.7 Å². The number of carbonyl (C=O) groups excluding carboxylic acids is 1. The lowest BCUT2D eigenvalue weighted by Crippen LogP contribution is -2.49. The van der Waals surface area contributed by atoms with E-state index in [0.717, 1.165) is 0 Å². The largest absolute Gasteiger partial charge is 0.479 e. The third-order valence-electron chi connectivity index (χ3n) is 0.830. The van der Waals surface area contributed by atoms with Crippen LogP contribution in [0.4, 0.5) is 0 Å². The van der Waals surface area contributed by atoms with Crippen LogP contribution in [0.3, 0.4) is 0 Å². The lowest BCUT2D eigenvalue weighted by atomic mass is 10.5. The van der Waals surface area contributed by atoms with Crippen LogP contribution >= 0.6 is 0 Å². The highest BCUT2D eigenvalue weighted by Crippen LogP contribution is 1.77. The molecular weight excluding hydrogens is 152 g/mol. The Morgan fingerprint density at radius 2 is 2.09 bits per heavy atom. The maximum atomic E-state index is 10.4. The van der Waals surface area contributed by atoms with E-state index in [1.165, 1.54) is 14.0 Å². The van der Waals surface area contributed by atoms with Crippen molar-refractivity contribution in [2.75, 3.05) is 7.11 Å². The first-order chi connectivity index (χ1) is 5.07. The minimum absolute atomic E-state index is 0.443. The average Bonchev–Trinajstić information content (AvgIpc) is 1.86. The predicted octanol–water partition coefficient (Wildman–Crippen LogP) is -1.32. The highest BCUT2D eigenvalue weighted by Gasteiger charge is 2.16. The van der Waals surface area contributed by atoms with Gasteiger partial charge in [0.05, 0.1) is 7.11 Å². The third-order valence-corrected chi connectivity index (χ3v) is 0.830. The second-order valence-electron chi connectivity index (χ2n) is 1.79. The molecular formula is C5H10N2O4. The number of hydrogen-bond donors (Lipinski definition) is 3. The fraction of sp³-hybridized carbons (Fsp3) is 0.600. The van der Waals surface area contributed by atoms with Crippen molar-refractivity contribution in [1.82, 2.24) is 10.8 Å². The first-order valence-electron chi connectivity index (χ1n) is 2.86. The highest BCUT2D eigenvalue weighted by atomic mass is 16.6. The number of carboxylic acids is 1. The van der Waals surface area contributed by atoms with Crippen molar-refractivity contribution in [3.05, 3.63) is 0 Å². The molecule has 6 nitrogen and oxygen atoms in total. The van der Waals surface area contributed by atoms with E-state index in [0.29, 0.717) is 0 Å². The van der Waals surface area contributed by atoms with Gasteiger partial charge < -0.3 is 15.3 Å². The molecule has 0 rings (SSSR count). The normalized spacial score (nSPS) is 12.2. The van der Waals surface area contributed by atoms with E-state index in [4.69, 9.17) is 5.11 Å². The number of carbonyl (C=O) groups is 2. The number of carboxylic acid groups (broad SMARTS) is 1. The van der Waals surface area contributed by atoms with E-state index in [-0.39, 0.29) is 0 Å². The van der Waals surface area contributed by atoms with Crippen LogP contribution < -0.4 is 10.8 Å². The van der Waals surface area contributed by atoms with Crippen molar-refractivity contribution in [3.63, 3.8) is 0 Å². The van der Waals surface area contributed by atoms with Gasteiger partial charge >= 0.3 is 5.97 Å². The molecule has 0 bridgehead atoms. The summed E-state index contributed by atoms with van der Waals surface area (Å²) in [4.78, 5) is 25.0. The molecule has 0 spiro atoms. The van der Waals surface area contributed by atoms with Gasteiger partial charge in [0, 0.05) is 6.92 Å². The van der Waals surface area contributed by atoms with Gasteiger partial charge in [0.15, 0.2) is 0 Å². The summed E-state index contributed by atoms with van der Waals surface area (Å²) in [6, 6.07) is 0. The van der Waals surface area contributed by atoms with Crippen molar-refractivity contribution in [2.45, 2.75) is 13.1 Å². The van der Waals surface area contributed by atoms with E-state index in [9.17, 15) is 9.59 Å². The monoisotopic (exact) mass is 162 g/mol. The molecule has 0 aromatic heterocycles. The molecule has 0 aliphatic rings. The molecule has 6 heteroatoms. The fourth-order valence-electron chi connectivity index (χ4n) is 0.463. The Bertz CT molecular complexity index is 159. The third kappa shape index (κ3) is 4.29. The van der Waals surface area contributed by atoms with E-state index in [1.54, 1.807) is 0 Å². The second-order valence-corrected chi connectivity index (χ2v) is 1.79. The second kappa shape index (κ2) is 4.64. The number of hydroxylamine groups is 1. The SMILES string of the molecule is CONC(NC(C)=O)C(=O)O. The molecule has 1 amide bonds. The lowest BCUT2D eigenvalue weighted by Gasteiger charge is -2.12. The van der Waals surface area contributed by atoms with Crippen LogP contribution in [0.2, 0.25) is 0 Å². The van der Waals surface area contributed by atoms with Gasteiger partial charge in [-0.1, -0.05) is 0 Å². The van der Waals surface area contributed by atoms with Crippen LogP contribution in [0, 0.1) is 0 Å². The molecule has 0 fully saturated rings. The van der Waals surface area contributed by atoms with Crippen molar-refractivity contribution >= 4 is 11.9 Å². The Morgan fingerprint density at radius 3 is 2.36 bits per heavy atom. The van der Waals surface area contributed by atoms with Gasteiger partial charge in [-0.05, 0) is 0 Å². The van der Waals surface area contributed by atoms with Gasteiger partial charge in [-0.2, -0.15) is 5.48 Å². The predicted molar refractivity (Wildman–Crippen MR) is 35.4 cm³/mol. The van der Waals surface area contributed by atoms with Crippen LogP contribution in [-0.2, 0) is 14.4 Å². The summed E-state index contributed by atoms with van der Waals surface area (Å²) >= 11 is 0. The number of aliphatic carboxylic acids is 1. The average molecular weight is 162 g/mol. The number of rotatable bonds is 4. The summed E-state index contributed by atoms with van der Waals surface area (Å²) in [5.74, 6) is -1.65. The van der Waals surface area contributed by atoms with E-state index in [2.05, 4.69) is 15.6 Å². The van der Waals surface area contributed by atoms with E-state index < -0.39 is 18.0 Å². The Balaban J connectivity index is 3.89. The number of amides is 1. The van der Waals surface area contributed by atoms with Crippen LogP contribution in [0.15, 0.2) is 0 Å². The summed E-state index contributed by atoms with van der Waals surface area (Å²) in [6.07, 6.45) is -1.20. The van der Waals surface area contributed by atoms with E-state index in [1.807, 2.05) is 0 Å². The Hall–Kier alpha value is -1.14. The van der Waals surface area contributed by atoms with Gasteiger partial charge in [0.1, 0.15) is 0 Å².